The standard InChI is InChI=1S/C14H23N3O4S.ClH/c1-10-8-12(9-13(11(10)2)22(15,19)20)14(18)17-5-4-16-6-7-21-3;/h8-9,16H,4-7H2,1-3H3,(H,17,18)(H2,15,19,20);1H. The summed E-state index contributed by atoms with van der Waals surface area (Å²) in [7, 11) is -2.24. The molecule has 0 aliphatic heterocycles. The number of hydrogen-bond acceptors (Lipinski definition) is 5. The summed E-state index contributed by atoms with van der Waals surface area (Å²) in [6, 6.07) is 2.96. The molecule has 132 valence electrons. The fraction of sp³-hybridized carbons (Fsp3) is 0.500. The average molecular weight is 366 g/mol. The molecular weight excluding hydrogens is 342 g/mol. The number of amides is 1. The molecule has 1 amide bonds. The molecule has 0 unspecified atom stereocenters. The van der Waals surface area contributed by atoms with Gasteiger partial charge >= 0.3 is 0 Å². The van der Waals surface area contributed by atoms with E-state index in [4.69, 9.17) is 9.88 Å². The van der Waals surface area contributed by atoms with Crippen molar-refractivity contribution >= 4 is 28.3 Å². The van der Waals surface area contributed by atoms with E-state index in [1.165, 1.54) is 6.07 Å². The predicted octanol–water partition coefficient (Wildman–Crippen LogP) is 0.338. The molecule has 9 heteroatoms. The van der Waals surface area contributed by atoms with Crippen LogP contribution in [0.5, 0.6) is 0 Å². The lowest BCUT2D eigenvalue weighted by atomic mass is 10.1. The Morgan fingerprint density at radius 1 is 1.22 bits per heavy atom. The Balaban J connectivity index is 0.00000484. The van der Waals surface area contributed by atoms with E-state index in [1.807, 2.05) is 0 Å². The maximum atomic E-state index is 12.1. The molecule has 1 aromatic rings. The van der Waals surface area contributed by atoms with Crippen molar-refractivity contribution in [2.24, 2.45) is 5.14 Å². The Morgan fingerprint density at radius 2 is 1.87 bits per heavy atom. The number of methoxy groups -OCH3 is 1. The molecular formula is C14H24ClN3O4S. The molecule has 0 heterocycles. The number of hydrogen-bond donors (Lipinski definition) is 3. The average Bonchev–Trinajstić information content (AvgIpc) is 2.43. The zero-order valence-corrected chi connectivity index (χ0v) is 15.1. The summed E-state index contributed by atoms with van der Waals surface area (Å²) in [5, 5.41) is 11.0. The Kier molecular flexibility index (Phi) is 9.33. The van der Waals surface area contributed by atoms with Crippen molar-refractivity contribution in [3.8, 4) is 0 Å². The van der Waals surface area contributed by atoms with Gasteiger partial charge in [-0.2, -0.15) is 0 Å². The van der Waals surface area contributed by atoms with Gasteiger partial charge in [-0.25, -0.2) is 13.6 Å². The third-order valence-electron chi connectivity index (χ3n) is 3.26. The second-order valence-electron chi connectivity index (χ2n) is 4.96. The van der Waals surface area contributed by atoms with Crippen molar-refractivity contribution < 1.29 is 17.9 Å². The highest BCUT2D eigenvalue weighted by Crippen LogP contribution is 2.19. The fourth-order valence-electron chi connectivity index (χ4n) is 1.92. The molecule has 0 saturated heterocycles. The molecule has 0 bridgehead atoms. The van der Waals surface area contributed by atoms with Gasteiger partial charge in [0.05, 0.1) is 11.5 Å². The first-order valence-electron chi connectivity index (χ1n) is 6.89. The number of primary sulfonamides is 1. The van der Waals surface area contributed by atoms with Crippen molar-refractivity contribution in [1.82, 2.24) is 10.6 Å². The lowest BCUT2D eigenvalue weighted by Gasteiger charge is -2.11. The van der Waals surface area contributed by atoms with Crippen LogP contribution in [0.2, 0.25) is 0 Å². The van der Waals surface area contributed by atoms with Crippen molar-refractivity contribution in [2.75, 3.05) is 33.4 Å². The van der Waals surface area contributed by atoms with Crippen LogP contribution in [0.3, 0.4) is 0 Å². The smallest absolute Gasteiger partial charge is 0.251 e. The van der Waals surface area contributed by atoms with Crippen molar-refractivity contribution in [1.29, 1.82) is 0 Å². The van der Waals surface area contributed by atoms with Gasteiger partial charge in [0.2, 0.25) is 10.0 Å². The Hall–Kier alpha value is -1.19. The molecule has 0 fully saturated rings. The number of ether oxygens (including phenoxy) is 1. The minimum Gasteiger partial charge on any atom is -0.383 e. The SMILES string of the molecule is COCCNCCNC(=O)c1cc(C)c(C)c(S(N)(=O)=O)c1.Cl. The van der Waals surface area contributed by atoms with Crippen LogP contribution in [0.1, 0.15) is 21.5 Å². The van der Waals surface area contributed by atoms with Gasteiger partial charge in [0.25, 0.3) is 5.91 Å². The molecule has 0 aliphatic rings. The van der Waals surface area contributed by atoms with E-state index in [2.05, 4.69) is 10.6 Å². The Bertz CT molecular complexity index is 635. The van der Waals surface area contributed by atoms with Crippen LogP contribution in [-0.4, -0.2) is 47.7 Å². The van der Waals surface area contributed by atoms with Gasteiger partial charge in [-0.15, -0.1) is 12.4 Å². The number of aryl methyl sites for hydroxylation is 1. The number of carbonyl (C=O) groups excluding carboxylic acids is 1. The summed E-state index contributed by atoms with van der Waals surface area (Å²) < 4.78 is 28.0. The van der Waals surface area contributed by atoms with E-state index in [0.29, 0.717) is 37.4 Å². The Labute approximate surface area is 143 Å². The van der Waals surface area contributed by atoms with Crippen LogP contribution in [0, 0.1) is 13.8 Å². The summed E-state index contributed by atoms with van der Waals surface area (Å²) >= 11 is 0. The third-order valence-corrected chi connectivity index (χ3v) is 4.30. The van der Waals surface area contributed by atoms with Crippen LogP contribution in [-0.2, 0) is 14.8 Å². The van der Waals surface area contributed by atoms with E-state index in [1.54, 1.807) is 27.0 Å². The van der Waals surface area contributed by atoms with E-state index >= 15 is 0 Å². The van der Waals surface area contributed by atoms with Gasteiger partial charge in [-0.3, -0.25) is 4.79 Å². The first-order valence-corrected chi connectivity index (χ1v) is 8.44. The summed E-state index contributed by atoms with van der Waals surface area (Å²) in [4.78, 5) is 12.1. The molecule has 0 saturated carbocycles. The lowest BCUT2D eigenvalue weighted by molar-refractivity contribution is 0.0953. The highest BCUT2D eigenvalue weighted by atomic mass is 35.5. The second-order valence-corrected chi connectivity index (χ2v) is 6.49. The van der Waals surface area contributed by atoms with Crippen LogP contribution < -0.4 is 15.8 Å². The number of benzene rings is 1. The summed E-state index contributed by atoms with van der Waals surface area (Å²) in [6.07, 6.45) is 0. The number of halogens is 1. The molecule has 0 atom stereocenters. The molecule has 23 heavy (non-hydrogen) atoms. The molecule has 1 rings (SSSR count). The molecule has 0 aliphatic carbocycles. The normalized spacial score (nSPS) is 11.0. The summed E-state index contributed by atoms with van der Waals surface area (Å²) in [5.41, 5.74) is 1.54. The van der Waals surface area contributed by atoms with E-state index in [9.17, 15) is 13.2 Å². The molecule has 1 aromatic carbocycles. The van der Waals surface area contributed by atoms with Crippen LogP contribution in [0.25, 0.3) is 0 Å². The second kappa shape index (κ2) is 9.84. The van der Waals surface area contributed by atoms with Gasteiger partial charge in [-0.1, -0.05) is 0 Å². The van der Waals surface area contributed by atoms with Crippen LogP contribution >= 0.6 is 12.4 Å². The fourth-order valence-corrected chi connectivity index (χ4v) is 2.80. The van der Waals surface area contributed by atoms with Gasteiger partial charge in [-0.05, 0) is 37.1 Å². The van der Waals surface area contributed by atoms with Crippen molar-refractivity contribution in [3.05, 3.63) is 28.8 Å². The Morgan fingerprint density at radius 3 is 2.43 bits per heavy atom. The van der Waals surface area contributed by atoms with Gasteiger partial charge in [0.15, 0.2) is 0 Å². The van der Waals surface area contributed by atoms with E-state index < -0.39 is 10.0 Å². The quantitative estimate of drug-likeness (QED) is 0.575. The van der Waals surface area contributed by atoms with Crippen LogP contribution in [0.15, 0.2) is 17.0 Å². The topological polar surface area (TPSA) is 111 Å². The monoisotopic (exact) mass is 365 g/mol. The van der Waals surface area contributed by atoms with E-state index in [0.717, 1.165) is 0 Å². The lowest BCUT2D eigenvalue weighted by Crippen LogP contribution is -2.33. The maximum absolute atomic E-state index is 12.1. The first kappa shape index (κ1) is 21.8. The number of sulfonamides is 1. The van der Waals surface area contributed by atoms with Gasteiger partial charge in [0.1, 0.15) is 0 Å². The zero-order valence-electron chi connectivity index (χ0n) is 13.5. The van der Waals surface area contributed by atoms with Crippen LogP contribution in [0.4, 0.5) is 0 Å². The number of nitrogens with one attached hydrogen (secondary N) is 2. The predicted molar refractivity (Wildman–Crippen MR) is 91.6 cm³/mol. The summed E-state index contributed by atoms with van der Waals surface area (Å²) in [6.45, 7) is 5.74. The molecule has 0 aromatic heterocycles. The van der Waals surface area contributed by atoms with E-state index in [-0.39, 0.29) is 28.8 Å². The zero-order chi connectivity index (χ0) is 16.8. The van der Waals surface area contributed by atoms with Crippen molar-refractivity contribution in [3.63, 3.8) is 0 Å². The molecule has 7 nitrogen and oxygen atoms in total. The first-order chi connectivity index (χ1) is 10.3. The van der Waals surface area contributed by atoms with Gasteiger partial charge in [0, 0.05) is 32.3 Å². The number of rotatable bonds is 8. The van der Waals surface area contributed by atoms with Gasteiger partial charge < -0.3 is 15.4 Å². The molecule has 0 spiro atoms. The van der Waals surface area contributed by atoms with Crippen molar-refractivity contribution in [2.45, 2.75) is 18.7 Å². The number of nitrogens with two attached hydrogens (primary N) is 1. The molecule has 4 N–H and O–H groups in total. The highest BCUT2D eigenvalue weighted by Gasteiger charge is 2.17. The minimum absolute atomic E-state index is 0. The summed E-state index contributed by atoms with van der Waals surface area (Å²) in [5.74, 6) is -0.332. The largest absolute Gasteiger partial charge is 0.383 e. The minimum atomic E-state index is -3.85. The third kappa shape index (κ3) is 6.84. The highest BCUT2D eigenvalue weighted by molar-refractivity contribution is 7.89. The number of carbonyl (C=O) groups is 1. The molecule has 0 radical (unpaired) electrons. The maximum Gasteiger partial charge on any atom is 0.251 e.